The Kier molecular flexibility index (Phi) is 6.01. The zero-order valence-electron chi connectivity index (χ0n) is 23.0. The van der Waals surface area contributed by atoms with Crippen LogP contribution in [0.1, 0.15) is 0 Å². The molecule has 0 aliphatic carbocycles. The molecule has 0 saturated heterocycles. The topological polar surface area (TPSA) is 80.2 Å². The van der Waals surface area contributed by atoms with Gasteiger partial charge in [-0.3, -0.25) is 9.97 Å². The molecule has 0 spiro atoms. The van der Waals surface area contributed by atoms with E-state index in [0.717, 1.165) is 60.9 Å². The van der Waals surface area contributed by atoms with Crippen molar-refractivity contribution >= 4 is 21.8 Å². The normalized spacial score (nSPS) is 11.3. The molecule has 4 aromatic carbocycles. The van der Waals surface area contributed by atoms with Gasteiger partial charge in [0.15, 0.2) is 17.5 Å². The fourth-order valence-electron chi connectivity index (χ4n) is 5.41. The predicted octanol–water partition coefficient (Wildman–Crippen LogP) is 8.63. The summed E-state index contributed by atoms with van der Waals surface area (Å²) in [6, 6.07) is 41.0. The van der Waals surface area contributed by atoms with E-state index >= 15 is 0 Å². The van der Waals surface area contributed by atoms with Crippen LogP contribution in [0.3, 0.4) is 0 Å². The lowest BCUT2D eigenvalue weighted by Gasteiger charge is -2.08. The molecular formula is C37H24N6. The average molecular weight is 553 g/mol. The van der Waals surface area contributed by atoms with Crippen LogP contribution in [0.5, 0.6) is 0 Å². The van der Waals surface area contributed by atoms with E-state index in [-0.39, 0.29) is 0 Å². The first-order valence-corrected chi connectivity index (χ1v) is 14.1. The number of hydrogen-bond acceptors (Lipinski definition) is 5. The molecule has 6 heteroatoms. The number of aromatic nitrogens is 6. The van der Waals surface area contributed by atoms with Crippen molar-refractivity contribution in [3.05, 3.63) is 140 Å². The van der Waals surface area contributed by atoms with Crippen molar-refractivity contribution in [3.63, 3.8) is 0 Å². The molecule has 43 heavy (non-hydrogen) atoms. The number of hydrogen-bond donors (Lipinski definition) is 1. The maximum Gasteiger partial charge on any atom is 0.164 e. The van der Waals surface area contributed by atoms with Crippen LogP contribution < -0.4 is 0 Å². The van der Waals surface area contributed by atoms with Gasteiger partial charge in [0, 0.05) is 68.2 Å². The Morgan fingerprint density at radius 3 is 1.53 bits per heavy atom. The Labute approximate surface area is 247 Å². The van der Waals surface area contributed by atoms with Gasteiger partial charge in [0.25, 0.3) is 0 Å². The summed E-state index contributed by atoms with van der Waals surface area (Å²) in [5.41, 5.74) is 9.07. The second-order valence-electron chi connectivity index (χ2n) is 10.4. The number of fused-ring (bicyclic) bond motifs is 3. The van der Waals surface area contributed by atoms with Crippen LogP contribution >= 0.6 is 0 Å². The molecule has 0 fully saturated rings. The molecule has 0 radical (unpaired) electrons. The standard InChI is InChI=1S/C37H24N6/c1-3-7-25(8-4-1)35-41-36(26-9-5-2-6-10-26)43-37(42-35)28-12-16-34-31(22-28)30-21-27(11-15-33(30)40-34)32-14-13-29(23-39-32)24-17-19-38-20-18-24/h1-23,40H. The van der Waals surface area contributed by atoms with E-state index in [4.69, 9.17) is 19.9 Å². The van der Waals surface area contributed by atoms with Crippen molar-refractivity contribution in [1.29, 1.82) is 0 Å². The minimum absolute atomic E-state index is 0.633. The molecule has 4 heterocycles. The molecular weight excluding hydrogens is 528 g/mol. The summed E-state index contributed by atoms with van der Waals surface area (Å²) in [4.78, 5) is 27.1. The molecule has 0 amide bonds. The number of nitrogens with one attached hydrogen (secondary N) is 1. The van der Waals surface area contributed by atoms with E-state index in [2.05, 4.69) is 58.5 Å². The van der Waals surface area contributed by atoms with E-state index in [0.29, 0.717) is 17.5 Å². The summed E-state index contributed by atoms with van der Waals surface area (Å²) in [5.74, 6) is 1.92. The second kappa shape index (κ2) is 10.4. The summed E-state index contributed by atoms with van der Waals surface area (Å²) < 4.78 is 0. The molecule has 202 valence electrons. The molecule has 0 saturated carbocycles. The monoisotopic (exact) mass is 552 g/mol. The van der Waals surface area contributed by atoms with E-state index in [1.807, 2.05) is 79.0 Å². The van der Waals surface area contributed by atoms with Crippen molar-refractivity contribution in [3.8, 4) is 56.5 Å². The number of aromatic amines is 1. The van der Waals surface area contributed by atoms with Crippen molar-refractivity contribution in [1.82, 2.24) is 29.9 Å². The number of H-pyrrole nitrogens is 1. The predicted molar refractivity (Wildman–Crippen MR) is 172 cm³/mol. The van der Waals surface area contributed by atoms with Gasteiger partial charge in [-0.2, -0.15) is 0 Å². The van der Waals surface area contributed by atoms with E-state index in [9.17, 15) is 0 Å². The van der Waals surface area contributed by atoms with Crippen molar-refractivity contribution in [2.75, 3.05) is 0 Å². The van der Waals surface area contributed by atoms with Crippen LogP contribution in [0.2, 0.25) is 0 Å². The third-order valence-corrected chi connectivity index (χ3v) is 7.63. The summed E-state index contributed by atoms with van der Waals surface area (Å²) in [6.45, 7) is 0. The zero-order valence-corrected chi connectivity index (χ0v) is 23.0. The maximum atomic E-state index is 4.92. The maximum absolute atomic E-state index is 4.92. The molecule has 8 aromatic rings. The Morgan fingerprint density at radius 1 is 0.419 bits per heavy atom. The quantitative estimate of drug-likeness (QED) is 0.231. The third-order valence-electron chi connectivity index (χ3n) is 7.63. The van der Waals surface area contributed by atoms with Gasteiger partial charge in [0.05, 0.1) is 5.69 Å². The molecule has 0 aliphatic heterocycles. The van der Waals surface area contributed by atoms with Crippen LogP contribution in [0.25, 0.3) is 78.4 Å². The summed E-state index contributed by atoms with van der Waals surface area (Å²) in [6.07, 6.45) is 5.51. The molecule has 0 atom stereocenters. The Hall–Kier alpha value is -6.01. The van der Waals surface area contributed by atoms with Gasteiger partial charge >= 0.3 is 0 Å². The molecule has 1 N–H and O–H groups in total. The highest BCUT2D eigenvalue weighted by molar-refractivity contribution is 6.09. The first-order valence-electron chi connectivity index (χ1n) is 14.1. The van der Waals surface area contributed by atoms with Gasteiger partial charge in [-0.05, 0) is 54.1 Å². The van der Waals surface area contributed by atoms with Gasteiger partial charge in [-0.15, -0.1) is 0 Å². The minimum Gasteiger partial charge on any atom is -0.355 e. The summed E-state index contributed by atoms with van der Waals surface area (Å²) in [5, 5.41) is 2.22. The lowest BCUT2D eigenvalue weighted by molar-refractivity contribution is 1.07. The fraction of sp³-hybridized carbons (Fsp3) is 0. The Balaban J connectivity index is 1.23. The van der Waals surface area contributed by atoms with E-state index in [1.165, 1.54) is 0 Å². The minimum atomic E-state index is 0.633. The largest absolute Gasteiger partial charge is 0.355 e. The Morgan fingerprint density at radius 2 is 0.953 bits per heavy atom. The molecule has 8 rings (SSSR count). The molecule has 0 aliphatic rings. The van der Waals surface area contributed by atoms with Gasteiger partial charge in [-0.1, -0.05) is 72.8 Å². The van der Waals surface area contributed by atoms with Crippen molar-refractivity contribution in [2.45, 2.75) is 0 Å². The third kappa shape index (κ3) is 4.71. The van der Waals surface area contributed by atoms with Gasteiger partial charge in [-0.25, -0.2) is 15.0 Å². The van der Waals surface area contributed by atoms with Gasteiger partial charge in [0.2, 0.25) is 0 Å². The average Bonchev–Trinajstić information content (AvgIpc) is 3.46. The summed E-state index contributed by atoms with van der Waals surface area (Å²) in [7, 11) is 0. The van der Waals surface area contributed by atoms with Crippen molar-refractivity contribution < 1.29 is 0 Å². The smallest absolute Gasteiger partial charge is 0.164 e. The Bertz CT molecular complexity index is 2150. The first-order chi connectivity index (χ1) is 21.3. The van der Waals surface area contributed by atoms with Crippen LogP contribution in [-0.4, -0.2) is 29.9 Å². The molecule has 0 unspecified atom stereocenters. The molecule has 0 bridgehead atoms. The van der Waals surface area contributed by atoms with Crippen LogP contribution in [0.15, 0.2) is 140 Å². The van der Waals surface area contributed by atoms with Crippen molar-refractivity contribution in [2.24, 2.45) is 0 Å². The highest BCUT2D eigenvalue weighted by Crippen LogP contribution is 2.33. The lowest BCUT2D eigenvalue weighted by atomic mass is 10.0. The number of benzene rings is 4. The second-order valence-corrected chi connectivity index (χ2v) is 10.4. The SMILES string of the molecule is c1ccc(-c2nc(-c3ccccc3)nc(-c3ccc4[nH]c5ccc(-c6ccc(-c7ccncc7)cn6)cc5c4c3)n2)cc1. The summed E-state index contributed by atoms with van der Waals surface area (Å²) >= 11 is 0. The number of pyridine rings is 2. The lowest BCUT2D eigenvalue weighted by Crippen LogP contribution is -2.00. The first kappa shape index (κ1) is 24.8. The highest BCUT2D eigenvalue weighted by Gasteiger charge is 2.14. The van der Waals surface area contributed by atoms with Gasteiger partial charge < -0.3 is 4.98 Å². The van der Waals surface area contributed by atoms with Gasteiger partial charge in [0.1, 0.15) is 0 Å². The van der Waals surface area contributed by atoms with Crippen LogP contribution in [0, 0.1) is 0 Å². The molecule has 6 nitrogen and oxygen atoms in total. The molecule has 4 aromatic heterocycles. The fourth-order valence-corrected chi connectivity index (χ4v) is 5.41. The number of nitrogens with zero attached hydrogens (tertiary/aromatic N) is 5. The zero-order chi connectivity index (χ0) is 28.6. The van der Waals surface area contributed by atoms with E-state index < -0.39 is 0 Å². The van der Waals surface area contributed by atoms with Crippen LogP contribution in [-0.2, 0) is 0 Å². The van der Waals surface area contributed by atoms with Crippen LogP contribution in [0.4, 0.5) is 0 Å². The highest BCUT2D eigenvalue weighted by atomic mass is 15.0. The number of rotatable bonds is 5. The van der Waals surface area contributed by atoms with E-state index in [1.54, 1.807) is 12.4 Å².